The molecule has 1 aromatic carbocycles. The summed E-state index contributed by atoms with van der Waals surface area (Å²) in [5.41, 5.74) is 3.62. The maximum Gasteiger partial charge on any atom is 0.147 e. The number of hydrogen-bond donors (Lipinski definition) is 1. The quantitative estimate of drug-likeness (QED) is 0.488. The molecular weight excluding hydrogens is 370 g/mol. The van der Waals surface area contributed by atoms with Crippen molar-refractivity contribution in [3.63, 3.8) is 0 Å². The number of nitrogens with zero attached hydrogens (tertiary/aromatic N) is 3. The highest BCUT2D eigenvalue weighted by Gasteiger charge is 2.15. The van der Waals surface area contributed by atoms with Crippen LogP contribution in [0.3, 0.4) is 0 Å². The number of halogens is 1. The van der Waals surface area contributed by atoms with Gasteiger partial charge in [-0.2, -0.15) is 0 Å². The fourth-order valence-corrected chi connectivity index (χ4v) is 3.45. The van der Waals surface area contributed by atoms with Gasteiger partial charge in [-0.3, -0.25) is 0 Å². The van der Waals surface area contributed by atoms with Crippen molar-refractivity contribution in [1.82, 2.24) is 14.5 Å². The zero-order valence-electron chi connectivity index (χ0n) is 15.3. The van der Waals surface area contributed by atoms with Crippen LogP contribution in [-0.2, 0) is 18.1 Å². The summed E-state index contributed by atoms with van der Waals surface area (Å²) in [5, 5.41) is 10.5. The lowest BCUT2D eigenvalue weighted by Crippen LogP contribution is -2.11. The van der Waals surface area contributed by atoms with Gasteiger partial charge in [0.2, 0.25) is 0 Å². The first-order chi connectivity index (χ1) is 12.4. The fraction of sp³-hybridized carbons (Fsp3) is 0.368. The monoisotopic (exact) mass is 393 g/mol. The molecule has 0 atom stereocenters. The van der Waals surface area contributed by atoms with Crippen LogP contribution in [0.15, 0.2) is 36.7 Å². The second kappa shape index (κ2) is 7.96. The predicted octanol–water partition coefficient (Wildman–Crippen LogP) is 3.91. The summed E-state index contributed by atoms with van der Waals surface area (Å²) >= 11 is 6.26. The van der Waals surface area contributed by atoms with Gasteiger partial charge in [-0.05, 0) is 36.0 Å². The molecule has 0 aliphatic carbocycles. The molecule has 5 nitrogen and oxygen atoms in total. The number of ether oxygens (including phenoxy) is 1. The summed E-state index contributed by atoms with van der Waals surface area (Å²) in [5.74, 6) is 1.06. The van der Waals surface area contributed by atoms with Crippen LogP contribution in [0.25, 0.3) is 22.3 Å². The molecule has 0 saturated heterocycles. The fourth-order valence-electron chi connectivity index (χ4n) is 2.65. The molecule has 0 amide bonds. The first-order valence-electron chi connectivity index (χ1n) is 8.33. The van der Waals surface area contributed by atoms with Gasteiger partial charge in [0.05, 0.1) is 24.3 Å². The SMILES string of the molecule is CS(C)(C)CCOCn1c(-c2ccc(CO)cc2)cc2c(Cl)ncnc21. The van der Waals surface area contributed by atoms with Crippen LogP contribution in [-0.4, -0.2) is 50.8 Å². The van der Waals surface area contributed by atoms with Gasteiger partial charge in [0.15, 0.2) is 0 Å². The number of rotatable bonds is 7. The van der Waals surface area contributed by atoms with Crippen molar-refractivity contribution in [2.45, 2.75) is 13.3 Å². The molecule has 0 aliphatic rings. The maximum atomic E-state index is 9.25. The summed E-state index contributed by atoms with van der Waals surface area (Å²) in [6.45, 7) is 1.14. The van der Waals surface area contributed by atoms with Crippen LogP contribution in [0.1, 0.15) is 5.56 Å². The second-order valence-corrected chi connectivity index (χ2v) is 12.0. The van der Waals surface area contributed by atoms with Gasteiger partial charge in [-0.25, -0.2) is 20.0 Å². The van der Waals surface area contributed by atoms with Gasteiger partial charge in [0.25, 0.3) is 0 Å². The van der Waals surface area contributed by atoms with E-state index in [4.69, 9.17) is 16.3 Å². The minimum atomic E-state index is -0.589. The van der Waals surface area contributed by atoms with Crippen LogP contribution in [0.5, 0.6) is 0 Å². The van der Waals surface area contributed by atoms with E-state index in [-0.39, 0.29) is 6.61 Å². The number of hydrogen-bond acceptors (Lipinski definition) is 4. The van der Waals surface area contributed by atoms with Crippen molar-refractivity contribution in [2.24, 2.45) is 0 Å². The third kappa shape index (κ3) is 4.38. The summed E-state index contributed by atoms with van der Waals surface area (Å²) in [7, 11) is -0.589. The van der Waals surface area contributed by atoms with Gasteiger partial charge in [-0.1, -0.05) is 35.9 Å². The first kappa shape index (κ1) is 19.2. The van der Waals surface area contributed by atoms with Crippen LogP contribution in [0.2, 0.25) is 5.15 Å². The van der Waals surface area contributed by atoms with E-state index in [0.717, 1.165) is 33.6 Å². The number of fused-ring (bicyclic) bond motifs is 1. The van der Waals surface area contributed by atoms with Crippen LogP contribution < -0.4 is 0 Å². The van der Waals surface area contributed by atoms with Crippen LogP contribution in [0.4, 0.5) is 0 Å². The van der Waals surface area contributed by atoms with Crippen molar-refractivity contribution in [3.8, 4) is 11.3 Å². The van der Waals surface area contributed by atoms with Crippen molar-refractivity contribution in [1.29, 1.82) is 0 Å². The second-order valence-electron chi connectivity index (χ2n) is 7.05. The molecule has 1 N–H and O–H groups in total. The molecule has 0 aliphatic heterocycles. The van der Waals surface area contributed by atoms with Gasteiger partial charge < -0.3 is 14.4 Å². The summed E-state index contributed by atoms with van der Waals surface area (Å²) in [4.78, 5) is 8.48. The van der Waals surface area contributed by atoms with Gasteiger partial charge in [0, 0.05) is 5.75 Å². The Hall–Kier alpha value is -1.60. The Kier molecular flexibility index (Phi) is 5.87. The van der Waals surface area contributed by atoms with E-state index in [1.54, 1.807) is 0 Å². The Morgan fingerprint density at radius 2 is 1.88 bits per heavy atom. The molecule has 26 heavy (non-hydrogen) atoms. The Morgan fingerprint density at radius 1 is 1.15 bits per heavy atom. The molecular formula is C19H24ClN3O2S. The Bertz CT molecular complexity index is 888. The van der Waals surface area contributed by atoms with E-state index < -0.39 is 10.0 Å². The summed E-state index contributed by atoms with van der Waals surface area (Å²) in [6, 6.07) is 9.78. The zero-order chi connectivity index (χ0) is 18.7. The first-order valence-corrected chi connectivity index (χ1v) is 11.7. The molecule has 140 valence electrons. The molecule has 0 saturated carbocycles. The zero-order valence-corrected chi connectivity index (χ0v) is 16.8. The smallest absolute Gasteiger partial charge is 0.147 e. The van der Waals surface area contributed by atoms with Crippen molar-refractivity contribution in [2.75, 3.05) is 31.1 Å². The van der Waals surface area contributed by atoms with Crippen molar-refractivity contribution >= 4 is 32.7 Å². The third-order valence-electron chi connectivity index (χ3n) is 4.13. The summed E-state index contributed by atoms with van der Waals surface area (Å²) < 4.78 is 7.97. The van der Waals surface area contributed by atoms with E-state index in [1.807, 2.05) is 34.9 Å². The number of aromatic nitrogens is 3. The van der Waals surface area contributed by atoms with Gasteiger partial charge in [0.1, 0.15) is 23.9 Å². The molecule has 0 fully saturated rings. The predicted molar refractivity (Wildman–Crippen MR) is 110 cm³/mol. The molecule has 0 unspecified atom stereocenters. The van der Waals surface area contributed by atoms with E-state index in [1.165, 1.54) is 6.33 Å². The van der Waals surface area contributed by atoms with Gasteiger partial charge >= 0.3 is 0 Å². The van der Waals surface area contributed by atoms with Gasteiger partial charge in [-0.15, -0.1) is 0 Å². The lowest BCUT2D eigenvalue weighted by atomic mass is 10.1. The van der Waals surface area contributed by atoms with Crippen molar-refractivity contribution < 1.29 is 9.84 Å². The molecule has 7 heteroatoms. The number of benzene rings is 1. The molecule has 0 radical (unpaired) electrons. The normalized spacial score (nSPS) is 12.7. The van der Waals surface area contributed by atoms with Crippen LogP contribution >= 0.6 is 21.6 Å². The molecule has 0 spiro atoms. The van der Waals surface area contributed by atoms with E-state index in [0.29, 0.717) is 18.5 Å². The highest BCUT2D eigenvalue weighted by atomic mass is 35.5. The standard InChI is InChI=1S/C19H24ClN3O2S/c1-26(2,3)9-8-25-13-23-17(15-6-4-14(11-24)5-7-15)10-16-18(20)21-12-22-19(16)23/h4-7,10,12,24H,8-9,11,13H2,1-3H3. The Labute approximate surface area is 160 Å². The Balaban J connectivity index is 1.94. The average molecular weight is 394 g/mol. The number of aliphatic hydroxyl groups excluding tert-OH is 1. The minimum Gasteiger partial charge on any atom is -0.392 e. The largest absolute Gasteiger partial charge is 0.392 e. The highest BCUT2D eigenvalue weighted by molar-refractivity contribution is 8.32. The van der Waals surface area contributed by atoms with Crippen molar-refractivity contribution in [3.05, 3.63) is 47.4 Å². The molecule has 0 bridgehead atoms. The summed E-state index contributed by atoms with van der Waals surface area (Å²) in [6.07, 6.45) is 8.31. The third-order valence-corrected chi connectivity index (χ3v) is 5.83. The molecule has 3 rings (SSSR count). The van der Waals surface area contributed by atoms with E-state index in [9.17, 15) is 5.11 Å². The highest BCUT2D eigenvalue weighted by Crippen LogP contribution is 2.34. The lowest BCUT2D eigenvalue weighted by molar-refractivity contribution is 0.0934. The van der Waals surface area contributed by atoms with Crippen LogP contribution in [0, 0.1) is 0 Å². The lowest BCUT2D eigenvalue weighted by Gasteiger charge is -2.24. The number of aliphatic hydroxyl groups is 1. The van der Waals surface area contributed by atoms with E-state index >= 15 is 0 Å². The maximum absolute atomic E-state index is 9.25. The van der Waals surface area contributed by atoms with E-state index in [2.05, 4.69) is 28.7 Å². The molecule has 2 heterocycles. The average Bonchev–Trinajstić information content (AvgIpc) is 2.98. The topological polar surface area (TPSA) is 60.2 Å². The minimum absolute atomic E-state index is 0.0266. The molecule has 3 aromatic rings. The molecule has 2 aromatic heterocycles. The Morgan fingerprint density at radius 3 is 2.54 bits per heavy atom.